The van der Waals surface area contributed by atoms with Gasteiger partial charge in [-0.15, -0.1) is 0 Å². The first-order valence-corrected chi connectivity index (χ1v) is 5.38. The number of epoxide rings is 1. The van der Waals surface area contributed by atoms with E-state index >= 15 is 0 Å². The van der Waals surface area contributed by atoms with Crippen LogP contribution in [0.15, 0.2) is 0 Å². The summed E-state index contributed by atoms with van der Waals surface area (Å²) in [4.78, 5) is 0. The minimum Gasteiger partial charge on any atom is -0.382 e. The average molecular weight is 210 g/mol. The molecular weight excluding hydrogens is 192 g/mol. The van der Waals surface area contributed by atoms with E-state index in [1.54, 1.807) is 28.4 Å². The summed E-state index contributed by atoms with van der Waals surface area (Å²) in [5, 5.41) is 0. The van der Waals surface area contributed by atoms with Crippen molar-refractivity contribution >= 4 is 9.53 Å². The molecule has 1 aliphatic rings. The van der Waals surface area contributed by atoms with E-state index in [-0.39, 0.29) is 0 Å². The van der Waals surface area contributed by atoms with Crippen LogP contribution in [0.3, 0.4) is 0 Å². The molecule has 0 saturated carbocycles. The minimum absolute atomic E-state index is 0.426. The Kier molecular flexibility index (Phi) is 8.62. The van der Waals surface area contributed by atoms with Crippen LogP contribution in [0.2, 0.25) is 0 Å². The Morgan fingerprint density at radius 3 is 1.69 bits per heavy atom. The van der Waals surface area contributed by atoms with Gasteiger partial charge in [0.25, 0.3) is 0 Å². The first kappa shape index (κ1) is 13.0. The third-order valence-electron chi connectivity index (χ3n) is 1.33. The summed E-state index contributed by atoms with van der Waals surface area (Å²) in [5.74, 6) is 0. The van der Waals surface area contributed by atoms with Gasteiger partial charge >= 0.3 is 9.53 Å². The van der Waals surface area contributed by atoms with Crippen molar-refractivity contribution in [3.05, 3.63) is 0 Å². The molecule has 0 aromatic heterocycles. The molecule has 1 fully saturated rings. The van der Waals surface area contributed by atoms with Crippen LogP contribution in [0, 0.1) is 0 Å². The lowest BCUT2D eigenvalue weighted by Crippen LogP contribution is -2.21. The normalized spacial score (nSPS) is 19.6. The molecule has 1 unspecified atom stereocenters. The first-order valence-electron chi connectivity index (χ1n) is 3.97. The van der Waals surface area contributed by atoms with E-state index in [1.807, 2.05) is 0 Å². The smallest absolute Gasteiger partial charge is 0.382 e. The Bertz CT molecular complexity index is 99.5. The fraction of sp³-hybridized carbons (Fsp3) is 1.00. The highest BCUT2D eigenvalue weighted by molar-refractivity contribution is 6.36. The molecule has 1 rings (SSSR count). The molecule has 0 aliphatic carbocycles. The van der Waals surface area contributed by atoms with Gasteiger partial charge in [-0.25, -0.2) is 0 Å². The van der Waals surface area contributed by atoms with Crippen molar-refractivity contribution < 1.29 is 22.8 Å². The second-order valence-electron chi connectivity index (χ2n) is 2.41. The molecule has 0 N–H and O–H groups in total. The molecule has 0 bridgehead atoms. The van der Waals surface area contributed by atoms with Crippen LogP contribution >= 0.6 is 0 Å². The summed E-state index contributed by atoms with van der Waals surface area (Å²) in [6, 6.07) is 0. The second kappa shape index (κ2) is 8.61. The molecule has 1 aliphatic heterocycles. The Morgan fingerprint density at radius 1 is 1.15 bits per heavy atom. The molecule has 0 spiro atoms. The maximum atomic E-state index is 4.82. The summed E-state index contributed by atoms with van der Waals surface area (Å²) in [6.07, 6.45) is 0.426. The van der Waals surface area contributed by atoms with E-state index < -0.39 is 9.53 Å². The minimum atomic E-state index is -1.67. The van der Waals surface area contributed by atoms with Crippen LogP contribution in [-0.2, 0) is 22.8 Å². The molecule has 0 aromatic rings. The van der Waals surface area contributed by atoms with Crippen LogP contribution in [0.25, 0.3) is 0 Å². The molecule has 1 atom stereocenters. The van der Waals surface area contributed by atoms with Gasteiger partial charge in [0.15, 0.2) is 0 Å². The molecule has 1 saturated heterocycles. The third kappa shape index (κ3) is 8.35. The maximum Gasteiger partial charge on any atom is 0.483 e. The van der Waals surface area contributed by atoms with Gasteiger partial charge in [0, 0.05) is 28.4 Å². The molecule has 1 heterocycles. The summed E-state index contributed by atoms with van der Waals surface area (Å²) in [7, 11) is 4.73. The van der Waals surface area contributed by atoms with E-state index in [0.29, 0.717) is 6.10 Å². The number of rotatable bonds is 5. The molecule has 0 radical (unpaired) electrons. The Morgan fingerprint density at radius 2 is 1.62 bits per heavy atom. The fourth-order valence-corrected chi connectivity index (χ4v) is 1.22. The standard InChI is InChI=1S/C4H8O2.C3H10O3Si/c1-5-2-4-3-6-4;1-4-7(5-2)6-3/h4H,2-3H2,1H3;7H,1-3H3. The largest absolute Gasteiger partial charge is 0.483 e. The van der Waals surface area contributed by atoms with Crippen molar-refractivity contribution in [1.29, 1.82) is 0 Å². The Balaban J connectivity index is 0.000000223. The van der Waals surface area contributed by atoms with E-state index in [4.69, 9.17) is 22.8 Å². The maximum absolute atomic E-state index is 4.82. The van der Waals surface area contributed by atoms with Crippen molar-refractivity contribution in [3.63, 3.8) is 0 Å². The Labute approximate surface area is 80.8 Å². The number of hydrogen-bond acceptors (Lipinski definition) is 5. The van der Waals surface area contributed by atoms with Gasteiger partial charge < -0.3 is 22.8 Å². The zero-order chi connectivity index (χ0) is 10.1. The van der Waals surface area contributed by atoms with Gasteiger partial charge in [-0.05, 0) is 0 Å². The van der Waals surface area contributed by atoms with Gasteiger partial charge in [-0.2, -0.15) is 0 Å². The van der Waals surface area contributed by atoms with Gasteiger partial charge in [0.2, 0.25) is 0 Å². The van der Waals surface area contributed by atoms with E-state index in [0.717, 1.165) is 13.2 Å². The highest BCUT2D eigenvalue weighted by Gasteiger charge is 2.21. The Hall–Kier alpha value is 0.0169. The van der Waals surface area contributed by atoms with Crippen LogP contribution in [0.5, 0.6) is 0 Å². The highest BCUT2D eigenvalue weighted by atomic mass is 28.3. The average Bonchev–Trinajstić information content (AvgIpc) is 2.93. The first-order chi connectivity index (χ1) is 6.28. The van der Waals surface area contributed by atoms with E-state index in [2.05, 4.69) is 0 Å². The summed E-state index contributed by atoms with van der Waals surface area (Å²) >= 11 is 0. The summed E-state index contributed by atoms with van der Waals surface area (Å²) in [6.45, 7) is 1.66. The van der Waals surface area contributed by atoms with Gasteiger partial charge in [-0.1, -0.05) is 0 Å². The molecule has 6 heteroatoms. The van der Waals surface area contributed by atoms with Crippen molar-refractivity contribution in [2.45, 2.75) is 6.10 Å². The predicted molar refractivity (Wildman–Crippen MR) is 49.8 cm³/mol. The molecular formula is C7H18O5Si. The lowest BCUT2D eigenvalue weighted by atomic mass is 10.5. The summed E-state index contributed by atoms with van der Waals surface area (Å²) < 4.78 is 23.8. The van der Waals surface area contributed by atoms with Crippen molar-refractivity contribution in [2.75, 3.05) is 41.7 Å². The van der Waals surface area contributed by atoms with Gasteiger partial charge in [-0.3, -0.25) is 0 Å². The van der Waals surface area contributed by atoms with E-state index in [1.165, 1.54) is 0 Å². The second-order valence-corrected chi connectivity index (χ2v) is 4.40. The van der Waals surface area contributed by atoms with Gasteiger partial charge in [0.05, 0.1) is 13.2 Å². The topological polar surface area (TPSA) is 49.5 Å². The SMILES string of the molecule is COCC1CO1.CO[SiH](OC)OC. The van der Waals surface area contributed by atoms with Crippen LogP contribution in [-0.4, -0.2) is 57.3 Å². The quantitative estimate of drug-likeness (QED) is 0.459. The van der Waals surface area contributed by atoms with E-state index in [9.17, 15) is 0 Å². The monoisotopic (exact) mass is 210 g/mol. The van der Waals surface area contributed by atoms with Crippen LogP contribution in [0.4, 0.5) is 0 Å². The number of hydrogen-bond donors (Lipinski definition) is 0. The van der Waals surface area contributed by atoms with Crippen molar-refractivity contribution in [3.8, 4) is 0 Å². The highest BCUT2D eigenvalue weighted by Crippen LogP contribution is 2.06. The third-order valence-corrected chi connectivity index (χ3v) is 2.49. The zero-order valence-electron chi connectivity index (χ0n) is 8.61. The molecule has 5 nitrogen and oxygen atoms in total. The molecule has 80 valence electrons. The zero-order valence-corrected chi connectivity index (χ0v) is 9.76. The summed E-state index contributed by atoms with van der Waals surface area (Å²) in [5.41, 5.74) is 0. The van der Waals surface area contributed by atoms with Crippen LogP contribution in [0.1, 0.15) is 0 Å². The lowest BCUT2D eigenvalue weighted by molar-refractivity contribution is 0.163. The number of ether oxygens (including phenoxy) is 2. The molecule has 13 heavy (non-hydrogen) atoms. The van der Waals surface area contributed by atoms with Gasteiger partial charge in [0.1, 0.15) is 6.10 Å². The molecule has 0 aromatic carbocycles. The fourth-order valence-electron chi connectivity index (χ4n) is 0.639. The van der Waals surface area contributed by atoms with Crippen molar-refractivity contribution in [2.24, 2.45) is 0 Å². The van der Waals surface area contributed by atoms with Crippen LogP contribution < -0.4 is 0 Å². The molecule has 0 amide bonds. The lowest BCUT2D eigenvalue weighted by Gasteiger charge is -2.05. The van der Waals surface area contributed by atoms with Crippen molar-refractivity contribution in [1.82, 2.24) is 0 Å². The predicted octanol–water partition coefficient (Wildman–Crippen LogP) is -0.326. The number of methoxy groups -OCH3 is 1.